The van der Waals surface area contributed by atoms with Crippen LogP contribution in [0.2, 0.25) is 0 Å². The number of amides is 1. The van der Waals surface area contributed by atoms with E-state index in [1.54, 1.807) is 0 Å². The number of alkyl halides is 3. The highest BCUT2D eigenvalue weighted by Crippen LogP contribution is 2.27. The Morgan fingerprint density at radius 2 is 2.04 bits per heavy atom. The molecule has 0 saturated carbocycles. The van der Waals surface area contributed by atoms with Crippen molar-refractivity contribution >= 4 is 39.3 Å². The molecule has 1 aromatic heterocycles. The highest BCUT2D eigenvalue weighted by Gasteiger charge is 2.33. The minimum Gasteiger partial charge on any atom is -0.323 e. The molecule has 0 saturated heterocycles. The summed E-state index contributed by atoms with van der Waals surface area (Å²) in [6.07, 6.45) is -4.77. The summed E-state index contributed by atoms with van der Waals surface area (Å²) >= 11 is 3.65. The quantitative estimate of drug-likeness (QED) is 0.447. The van der Waals surface area contributed by atoms with E-state index in [-0.39, 0.29) is 16.6 Å². The van der Waals surface area contributed by atoms with Gasteiger partial charge >= 0.3 is 6.18 Å². The standard InChI is InChI=1S/C13H8BrF4N3O2S/c14-6-1-2-8(7(15)3-6)19-11(23)5-24-12-20-9(13(16,17)18)4-10(22)21-12/h1-4H,5H2,(H,19,23)(H,20,21,22). The van der Waals surface area contributed by atoms with Crippen LogP contribution in [0.25, 0.3) is 0 Å². The lowest BCUT2D eigenvalue weighted by atomic mass is 10.3. The van der Waals surface area contributed by atoms with Crippen LogP contribution in [0.4, 0.5) is 23.2 Å². The summed E-state index contributed by atoms with van der Waals surface area (Å²) in [6.45, 7) is 0. The number of aromatic nitrogens is 2. The molecular weight excluding hydrogens is 418 g/mol. The molecule has 0 aliphatic rings. The van der Waals surface area contributed by atoms with Gasteiger partial charge in [0, 0.05) is 10.5 Å². The van der Waals surface area contributed by atoms with E-state index in [9.17, 15) is 27.2 Å². The monoisotopic (exact) mass is 425 g/mol. The van der Waals surface area contributed by atoms with Crippen molar-refractivity contribution in [2.45, 2.75) is 11.3 Å². The molecule has 0 spiro atoms. The average Bonchev–Trinajstić information content (AvgIpc) is 2.47. The van der Waals surface area contributed by atoms with E-state index in [0.717, 1.165) is 6.07 Å². The fourth-order valence-corrected chi connectivity index (χ4v) is 2.57. The third-order valence-electron chi connectivity index (χ3n) is 2.56. The zero-order valence-electron chi connectivity index (χ0n) is 11.6. The van der Waals surface area contributed by atoms with E-state index >= 15 is 0 Å². The molecule has 24 heavy (non-hydrogen) atoms. The Bertz CT molecular complexity index is 826. The van der Waals surface area contributed by atoms with Crippen LogP contribution >= 0.6 is 27.7 Å². The molecular formula is C13H8BrF4N3O2S. The number of nitrogens with one attached hydrogen (secondary N) is 2. The Hall–Kier alpha value is -1.88. The number of hydrogen-bond acceptors (Lipinski definition) is 4. The van der Waals surface area contributed by atoms with Crippen LogP contribution < -0.4 is 10.9 Å². The minimum atomic E-state index is -4.77. The topological polar surface area (TPSA) is 74.8 Å². The molecule has 2 aromatic rings. The highest BCUT2D eigenvalue weighted by atomic mass is 79.9. The zero-order chi connectivity index (χ0) is 17.9. The predicted molar refractivity (Wildman–Crippen MR) is 83.3 cm³/mol. The van der Waals surface area contributed by atoms with Crippen molar-refractivity contribution in [2.24, 2.45) is 0 Å². The Kier molecular flexibility index (Phi) is 5.65. The first kappa shape index (κ1) is 18.5. The van der Waals surface area contributed by atoms with Gasteiger partial charge in [-0.05, 0) is 18.2 Å². The van der Waals surface area contributed by atoms with Crippen LogP contribution in [0, 0.1) is 5.82 Å². The Morgan fingerprint density at radius 1 is 1.33 bits per heavy atom. The summed E-state index contributed by atoms with van der Waals surface area (Å²) in [5.74, 6) is -1.70. The second kappa shape index (κ2) is 7.34. The molecule has 0 radical (unpaired) electrons. The molecule has 1 aromatic carbocycles. The second-order valence-corrected chi connectivity index (χ2v) is 6.27. The molecule has 2 rings (SSSR count). The summed E-state index contributed by atoms with van der Waals surface area (Å²) in [5, 5.41) is 1.91. The lowest BCUT2D eigenvalue weighted by Gasteiger charge is -2.08. The van der Waals surface area contributed by atoms with Crippen molar-refractivity contribution < 1.29 is 22.4 Å². The molecule has 0 aliphatic carbocycles. The lowest BCUT2D eigenvalue weighted by molar-refractivity contribution is -0.141. The fraction of sp³-hybridized carbons (Fsp3) is 0.154. The van der Waals surface area contributed by atoms with E-state index < -0.39 is 29.2 Å². The summed E-state index contributed by atoms with van der Waals surface area (Å²) in [5.41, 5.74) is -2.42. The summed E-state index contributed by atoms with van der Waals surface area (Å²) < 4.78 is 51.7. The van der Waals surface area contributed by atoms with Crippen molar-refractivity contribution in [1.82, 2.24) is 9.97 Å². The van der Waals surface area contributed by atoms with Crippen molar-refractivity contribution in [2.75, 3.05) is 11.1 Å². The first-order valence-electron chi connectivity index (χ1n) is 6.21. The molecule has 0 fully saturated rings. The number of H-pyrrole nitrogens is 1. The van der Waals surface area contributed by atoms with Gasteiger partial charge in [-0.3, -0.25) is 9.59 Å². The molecule has 0 atom stereocenters. The van der Waals surface area contributed by atoms with Gasteiger partial charge in [0.2, 0.25) is 5.91 Å². The second-order valence-electron chi connectivity index (χ2n) is 4.39. The molecule has 128 valence electrons. The van der Waals surface area contributed by atoms with Crippen LogP contribution in [0.15, 0.2) is 38.7 Å². The van der Waals surface area contributed by atoms with Crippen molar-refractivity contribution in [3.05, 3.63) is 50.6 Å². The summed E-state index contributed by atoms with van der Waals surface area (Å²) in [6, 6.07) is 4.31. The predicted octanol–water partition coefficient (Wildman–Crippen LogP) is 3.42. The molecule has 5 nitrogen and oxygen atoms in total. The Labute approximate surface area is 145 Å². The van der Waals surface area contributed by atoms with Gasteiger partial charge in [0.25, 0.3) is 5.56 Å². The SMILES string of the molecule is O=C(CSc1nc(C(F)(F)F)cc(=O)[nH]1)Nc1ccc(Br)cc1F. The number of thioether (sulfide) groups is 1. The number of rotatable bonds is 4. The van der Waals surface area contributed by atoms with Crippen LogP contribution in [-0.4, -0.2) is 21.6 Å². The minimum absolute atomic E-state index is 0.0747. The number of halogens is 5. The Balaban J connectivity index is 2.04. The van der Waals surface area contributed by atoms with Gasteiger partial charge in [-0.1, -0.05) is 27.7 Å². The Morgan fingerprint density at radius 3 is 2.67 bits per heavy atom. The maximum atomic E-state index is 13.6. The number of benzene rings is 1. The number of aromatic amines is 1. The number of hydrogen-bond donors (Lipinski definition) is 2. The van der Waals surface area contributed by atoms with Crippen LogP contribution in [-0.2, 0) is 11.0 Å². The van der Waals surface area contributed by atoms with Gasteiger partial charge in [-0.15, -0.1) is 0 Å². The maximum absolute atomic E-state index is 13.6. The molecule has 1 heterocycles. The van der Waals surface area contributed by atoms with Crippen molar-refractivity contribution in [3.8, 4) is 0 Å². The van der Waals surface area contributed by atoms with Gasteiger partial charge in [0.15, 0.2) is 10.9 Å². The van der Waals surface area contributed by atoms with E-state index in [0.29, 0.717) is 22.3 Å². The van der Waals surface area contributed by atoms with Gasteiger partial charge in [-0.2, -0.15) is 13.2 Å². The first-order valence-corrected chi connectivity index (χ1v) is 7.99. The number of carbonyl (C=O) groups excluding carboxylic acids is 1. The number of nitrogens with zero attached hydrogens (tertiary/aromatic N) is 1. The van der Waals surface area contributed by atoms with E-state index in [2.05, 4.69) is 31.2 Å². The van der Waals surface area contributed by atoms with Crippen LogP contribution in [0.3, 0.4) is 0 Å². The van der Waals surface area contributed by atoms with E-state index in [4.69, 9.17) is 0 Å². The van der Waals surface area contributed by atoms with Gasteiger partial charge in [0.1, 0.15) is 5.82 Å². The molecule has 11 heteroatoms. The molecule has 1 amide bonds. The summed E-state index contributed by atoms with van der Waals surface area (Å²) in [7, 11) is 0. The van der Waals surface area contributed by atoms with Crippen molar-refractivity contribution in [1.29, 1.82) is 0 Å². The third-order valence-corrected chi connectivity index (χ3v) is 3.92. The van der Waals surface area contributed by atoms with Gasteiger partial charge < -0.3 is 10.3 Å². The normalized spacial score (nSPS) is 11.4. The largest absolute Gasteiger partial charge is 0.433 e. The zero-order valence-corrected chi connectivity index (χ0v) is 14.0. The average molecular weight is 426 g/mol. The van der Waals surface area contributed by atoms with Gasteiger partial charge in [0.05, 0.1) is 11.4 Å². The van der Waals surface area contributed by atoms with Crippen LogP contribution in [0.5, 0.6) is 0 Å². The number of carbonyl (C=O) groups is 1. The van der Waals surface area contributed by atoms with Gasteiger partial charge in [-0.25, -0.2) is 9.37 Å². The molecule has 2 N–H and O–H groups in total. The number of anilines is 1. The molecule has 0 bridgehead atoms. The maximum Gasteiger partial charge on any atom is 0.433 e. The van der Waals surface area contributed by atoms with Crippen LogP contribution in [0.1, 0.15) is 5.69 Å². The highest BCUT2D eigenvalue weighted by molar-refractivity contribution is 9.10. The van der Waals surface area contributed by atoms with E-state index in [1.165, 1.54) is 12.1 Å². The molecule has 0 unspecified atom stereocenters. The fourth-order valence-electron chi connectivity index (χ4n) is 1.56. The smallest absolute Gasteiger partial charge is 0.323 e. The first-order chi connectivity index (χ1) is 11.1. The third kappa shape index (κ3) is 5.06. The summed E-state index contributed by atoms with van der Waals surface area (Å²) in [4.78, 5) is 28.3. The van der Waals surface area contributed by atoms with E-state index in [1.807, 2.05) is 0 Å². The lowest BCUT2D eigenvalue weighted by Crippen LogP contribution is -2.18. The molecule has 0 aliphatic heterocycles. The van der Waals surface area contributed by atoms with Crippen molar-refractivity contribution in [3.63, 3.8) is 0 Å².